The van der Waals surface area contributed by atoms with Crippen LogP contribution in [-0.2, 0) is 0 Å². The summed E-state index contributed by atoms with van der Waals surface area (Å²) in [5.74, 6) is 0.817. The van der Waals surface area contributed by atoms with E-state index in [1.165, 1.54) is 0 Å². The molecule has 4 rings (SSSR count). The second kappa shape index (κ2) is 7.39. The normalized spacial score (nSPS) is 10.9. The zero-order chi connectivity index (χ0) is 18.1. The molecule has 1 aromatic heterocycles. The molecule has 128 valence electrons. The van der Waals surface area contributed by atoms with Crippen LogP contribution in [0.3, 0.4) is 0 Å². The van der Waals surface area contributed by atoms with E-state index in [1.807, 2.05) is 48.5 Å². The fraction of sp³-hybridized carbons (Fsp3) is 0. The molecule has 0 radical (unpaired) electrons. The van der Waals surface area contributed by atoms with E-state index in [1.54, 1.807) is 0 Å². The van der Waals surface area contributed by atoms with Crippen LogP contribution in [0.1, 0.15) is 0 Å². The van der Waals surface area contributed by atoms with Crippen LogP contribution in [0.15, 0.2) is 81.7 Å². The molecule has 1 heterocycles. The van der Waals surface area contributed by atoms with Crippen molar-refractivity contribution in [2.75, 3.05) is 0 Å². The predicted molar refractivity (Wildman–Crippen MR) is 115 cm³/mol. The summed E-state index contributed by atoms with van der Waals surface area (Å²) in [6.07, 6.45) is 0. The zero-order valence-electron chi connectivity index (χ0n) is 13.5. The standard InChI is InChI=1S/C21H13Br2ClN2/c22-16-7-1-13(2-8-16)19-20(14-3-9-17(23)10-4-14)26-21(25-19)15-5-11-18(24)12-6-15/h1-12H,(H,25,26). The number of imidazole rings is 1. The molecule has 0 atom stereocenters. The minimum atomic E-state index is 0.710. The molecular formula is C21H13Br2ClN2. The van der Waals surface area contributed by atoms with Crippen LogP contribution in [0.25, 0.3) is 33.9 Å². The van der Waals surface area contributed by atoms with Crippen molar-refractivity contribution < 1.29 is 0 Å². The van der Waals surface area contributed by atoms with E-state index < -0.39 is 0 Å². The van der Waals surface area contributed by atoms with Gasteiger partial charge < -0.3 is 4.98 Å². The summed E-state index contributed by atoms with van der Waals surface area (Å²) < 4.78 is 2.09. The topological polar surface area (TPSA) is 28.7 Å². The van der Waals surface area contributed by atoms with Crippen LogP contribution < -0.4 is 0 Å². The number of nitrogens with zero attached hydrogens (tertiary/aromatic N) is 1. The Balaban J connectivity index is 1.88. The fourth-order valence-corrected chi connectivity index (χ4v) is 3.41. The first-order chi connectivity index (χ1) is 12.6. The number of benzene rings is 3. The molecule has 1 N–H and O–H groups in total. The number of H-pyrrole nitrogens is 1. The average Bonchev–Trinajstić information content (AvgIpc) is 3.09. The van der Waals surface area contributed by atoms with Gasteiger partial charge in [0.1, 0.15) is 5.82 Å². The first kappa shape index (κ1) is 17.5. The molecule has 0 aliphatic carbocycles. The summed E-state index contributed by atoms with van der Waals surface area (Å²) in [5.41, 5.74) is 5.05. The lowest BCUT2D eigenvalue weighted by Gasteiger charge is -2.04. The van der Waals surface area contributed by atoms with Gasteiger partial charge in [0.05, 0.1) is 11.4 Å². The van der Waals surface area contributed by atoms with Gasteiger partial charge >= 0.3 is 0 Å². The number of aromatic nitrogens is 2. The van der Waals surface area contributed by atoms with Crippen LogP contribution in [0, 0.1) is 0 Å². The van der Waals surface area contributed by atoms with Gasteiger partial charge in [0.25, 0.3) is 0 Å². The molecule has 0 fully saturated rings. The summed E-state index contributed by atoms with van der Waals surface area (Å²) in [6, 6.07) is 24.1. The van der Waals surface area contributed by atoms with Crippen molar-refractivity contribution in [2.45, 2.75) is 0 Å². The first-order valence-electron chi connectivity index (χ1n) is 7.98. The van der Waals surface area contributed by atoms with E-state index in [4.69, 9.17) is 16.6 Å². The number of hydrogen-bond acceptors (Lipinski definition) is 1. The Morgan fingerprint density at radius 2 is 1.15 bits per heavy atom. The van der Waals surface area contributed by atoms with E-state index in [0.717, 1.165) is 42.8 Å². The molecule has 4 aromatic rings. The third-order valence-electron chi connectivity index (χ3n) is 4.07. The quantitative estimate of drug-likeness (QED) is 0.316. The molecule has 26 heavy (non-hydrogen) atoms. The molecule has 2 nitrogen and oxygen atoms in total. The largest absolute Gasteiger partial charge is 0.337 e. The van der Waals surface area contributed by atoms with E-state index >= 15 is 0 Å². The Morgan fingerprint density at radius 3 is 1.73 bits per heavy atom. The minimum absolute atomic E-state index is 0.710. The third-order valence-corrected chi connectivity index (χ3v) is 5.38. The lowest BCUT2D eigenvalue weighted by Crippen LogP contribution is -1.83. The van der Waals surface area contributed by atoms with E-state index in [-0.39, 0.29) is 0 Å². The van der Waals surface area contributed by atoms with Crippen molar-refractivity contribution in [1.29, 1.82) is 0 Å². The Kier molecular flexibility index (Phi) is 4.98. The predicted octanol–water partition coefficient (Wildman–Crippen LogP) is 7.59. The van der Waals surface area contributed by atoms with Gasteiger partial charge in [-0.05, 0) is 48.5 Å². The Bertz CT molecular complexity index is 974. The number of rotatable bonds is 3. The molecule has 0 bridgehead atoms. The molecule has 0 saturated carbocycles. The molecule has 0 saturated heterocycles. The third kappa shape index (κ3) is 3.63. The van der Waals surface area contributed by atoms with Gasteiger partial charge in [0.2, 0.25) is 0 Å². The van der Waals surface area contributed by atoms with Crippen LogP contribution >= 0.6 is 43.5 Å². The SMILES string of the molecule is Clc1ccc(-c2nc(-c3ccc(Br)cc3)c(-c3ccc(Br)cc3)[nH]2)cc1. The number of nitrogens with one attached hydrogen (secondary N) is 1. The molecule has 3 aromatic carbocycles. The second-order valence-corrected chi connectivity index (χ2v) is 8.10. The second-order valence-electron chi connectivity index (χ2n) is 5.83. The van der Waals surface area contributed by atoms with Gasteiger partial charge in [-0.3, -0.25) is 0 Å². The highest BCUT2D eigenvalue weighted by atomic mass is 79.9. The molecule has 0 aliphatic rings. The summed E-state index contributed by atoms with van der Waals surface area (Å²) in [7, 11) is 0. The van der Waals surface area contributed by atoms with Gasteiger partial charge in [0, 0.05) is 30.7 Å². The van der Waals surface area contributed by atoms with Crippen LogP contribution in [0.4, 0.5) is 0 Å². The minimum Gasteiger partial charge on any atom is -0.337 e. The summed E-state index contributed by atoms with van der Waals surface area (Å²) in [4.78, 5) is 8.37. The Morgan fingerprint density at radius 1 is 0.654 bits per heavy atom. The van der Waals surface area contributed by atoms with Gasteiger partial charge in [-0.1, -0.05) is 67.7 Å². The molecule has 5 heteroatoms. The van der Waals surface area contributed by atoms with Crippen LogP contribution in [0.5, 0.6) is 0 Å². The van der Waals surface area contributed by atoms with Crippen molar-refractivity contribution in [1.82, 2.24) is 9.97 Å². The van der Waals surface area contributed by atoms with Crippen LogP contribution in [-0.4, -0.2) is 9.97 Å². The maximum absolute atomic E-state index is 6.02. The molecule has 0 unspecified atom stereocenters. The maximum atomic E-state index is 6.02. The Labute approximate surface area is 173 Å². The van der Waals surface area contributed by atoms with E-state index in [0.29, 0.717) is 5.02 Å². The van der Waals surface area contributed by atoms with Crippen molar-refractivity contribution in [3.63, 3.8) is 0 Å². The van der Waals surface area contributed by atoms with Crippen molar-refractivity contribution in [3.05, 3.63) is 86.8 Å². The van der Waals surface area contributed by atoms with Gasteiger partial charge in [-0.2, -0.15) is 0 Å². The molecule has 0 amide bonds. The van der Waals surface area contributed by atoms with Crippen molar-refractivity contribution >= 4 is 43.5 Å². The van der Waals surface area contributed by atoms with Crippen molar-refractivity contribution in [3.8, 4) is 33.9 Å². The Hall–Kier alpha value is -1.88. The van der Waals surface area contributed by atoms with E-state index in [9.17, 15) is 0 Å². The maximum Gasteiger partial charge on any atom is 0.138 e. The van der Waals surface area contributed by atoms with Crippen LogP contribution in [0.2, 0.25) is 5.02 Å². The van der Waals surface area contributed by atoms with Gasteiger partial charge in [0.15, 0.2) is 0 Å². The summed E-state index contributed by atoms with van der Waals surface area (Å²) in [6.45, 7) is 0. The fourth-order valence-electron chi connectivity index (χ4n) is 2.76. The first-order valence-corrected chi connectivity index (χ1v) is 9.94. The van der Waals surface area contributed by atoms with Gasteiger partial charge in [-0.25, -0.2) is 4.98 Å². The number of hydrogen-bond donors (Lipinski definition) is 1. The monoisotopic (exact) mass is 486 g/mol. The van der Waals surface area contributed by atoms with Crippen molar-refractivity contribution in [2.24, 2.45) is 0 Å². The average molecular weight is 489 g/mol. The molecule has 0 aliphatic heterocycles. The van der Waals surface area contributed by atoms with Gasteiger partial charge in [-0.15, -0.1) is 0 Å². The summed E-state index contributed by atoms with van der Waals surface area (Å²) >= 11 is 13.0. The molecular weight excluding hydrogens is 476 g/mol. The lowest BCUT2D eigenvalue weighted by atomic mass is 10.1. The molecule has 0 spiro atoms. The van der Waals surface area contributed by atoms with E-state index in [2.05, 4.69) is 61.1 Å². The zero-order valence-corrected chi connectivity index (χ0v) is 17.4. The highest BCUT2D eigenvalue weighted by Gasteiger charge is 2.15. The number of halogens is 3. The smallest absolute Gasteiger partial charge is 0.138 e. The highest BCUT2D eigenvalue weighted by Crippen LogP contribution is 2.34. The number of aromatic amines is 1. The highest BCUT2D eigenvalue weighted by molar-refractivity contribution is 9.10. The lowest BCUT2D eigenvalue weighted by molar-refractivity contribution is 1.31. The summed E-state index contributed by atoms with van der Waals surface area (Å²) in [5, 5.41) is 0.710.